The van der Waals surface area contributed by atoms with Gasteiger partial charge in [-0.15, -0.1) is 0 Å². The molecule has 1 aromatic heterocycles. The fraction of sp³-hybridized carbons (Fsp3) is 0.0909. The zero-order chi connectivity index (χ0) is 23.1. The van der Waals surface area contributed by atoms with Crippen LogP contribution < -0.4 is 27.6 Å². The van der Waals surface area contributed by atoms with Crippen LogP contribution in [0.3, 0.4) is 0 Å². The minimum Gasteiger partial charge on any atom is -0.322 e. The number of nitriles is 1. The molecule has 2 aromatic carbocycles. The Morgan fingerprint density at radius 2 is 1.97 bits per heavy atom. The summed E-state index contributed by atoms with van der Waals surface area (Å²) < 4.78 is 0. The normalized spacial score (nSPS) is 11.0. The van der Waals surface area contributed by atoms with E-state index < -0.39 is 0 Å². The summed E-state index contributed by atoms with van der Waals surface area (Å²) in [5, 5.41) is 13.6. The van der Waals surface area contributed by atoms with Crippen LogP contribution in [0.1, 0.15) is 15.9 Å². The molecule has 3 aromatic rings. The standard InChI is InChI=1S/C22H21N7O2S/c1-29(16-8-3-2-4-9-16)22(31)15-7-5-6-14(10-15)17-11-20(30)26-21(18(17)12-23)32-13-19(27-24)28-25/h2-11H,13,24-25H2,1H3,(H,26,30)(H,27,28). The molecule has 0 fully saturated rings. The first-order valence-corrected chi connectivity index (χ1v) is 10.4. The van der Waals surface area contributed by atoms with Gasteiger partial charge >= 0.3 is 0 Å². The number of hydrazone groups is 1. The fourth-order valence-corrected chi connectivity index (χ4v) is 3.93. The monoisotopic (exact) mass is 447 g/mol. The van der Waals surface area contributed by atoms with Gasteiger partial charge in [-0.2, -0.15) is 10.4 Å². The molecule has 0 spiro atoms. The van der Waals surface area contributed by atoms with Gasteiger partial charge in [0.25, 0.3) is 5.91 Å². The molecule has 0 atom stereocenters. The number of hydrazine groups is 1. The molecule has 162 valence electrons. The minimum atomic E-state index is -0.383. The number of anilines is 1. The van der Waals surface area contributed by atoms with Gasteiger partial charge in [0.05, 0.1) is 16.3 Å². The predicted octanol–water partition coefficient (Wildman–Crippen LogP) is 2.02. The number of hydrogen-bond acceptors (Lipinski definition) is 7. The molecule has 0 aliphatic heterocycles. The van der Waals surface area contributed by atoms with Gasteiger partial charge < -0.3 is 21.2 Å². The molecule has 1 amide bonds. The second-order valence-corrected chi connectivity index (χ2v) is 7.64. The number of hydrogen-bond donors (Lipinski definition) is 4. The average Bonchev–Trinajstić information content (AvgIpc) is 2.84. The van der Waals surface area contributed by atoms with Gasteiger partial charge in [-0.3, -0.25) is 9.59 Å². The predicted molar refractivity (Wildman–Crippen MR) is 126 cm³/mol. The first-order valence-electron chi connectivity index (χ1n) is 9.45. The largest absolute Gasteiger partial charge is 0.322 e. The van der Waals surface area contributed by atoms with E-state index in [1.807, 2.05) is 30.3 Å². The van der Waals surface area contributed by atoms with Gasteiger partial charge in [0.1, 0.15) is 11.9 Å². The van der Waals surface area contributed by atoms with Crippen LogP contribution in [0.15, 0.2) is 75.6 Å². The van der Waals surface area contributed by atoms with Crippen LogP contribution in [0.2, 0.25) is 0 Å². The first kappa shape index (κ1) is 22.6. The van der Waals surface area contributed by atoms with Gasteiger partial charge in [0, 0.05) is 29.9 Å². The Morgan fingerprint density at radius 3 is 2.62 bits per heavy atom. The summed E-state index contributed by atoms with van der Waals surface area (Å²) in [4.78, 5) is 29.5. The van der Waals surface area contributed by atoms with Crippen molar-refractivity contribution in [3.8, 4) is 17.2 Å². The highest BCUT2D eigenvalue weighted by Gasteiger charge is 2.17. The number of thioether (sulfide) groups is 1. The molecule has 10 heteroatoms. The number of pyridine rings is 1. The summed E-state index contributed by atoms with van der Waals surface area (Å²) in [5.41, 5.74) is 4.41. The van der Waals surface area contributed by atoms with Gasteiger partial charge in [-0.05, 0) is 29.8 Å². The summed E-state index contributed by atoms with van der Waals surface area (Å²) in [7, 11) is 1.69. The SMILES string of the molecule is CN(C(=O)c1cccc(-c2cc(=O)[nH]c(SC/C(=N/N)NN)c2C#N)c1)c1ccccc1. The van der Waals surface area contributed by atoms with Crippen molar-refractivity contribution in [2.24, 2.45) is 16.8 Å². The molecular weight excluding hydrogens is 426 g/mol. The smallest absolute Gasteiger partial charge is 0.258 e. The van der Waals surface area contributed by atoms with Crippen molar-refractivity contribution in [3.63, 3.8) is 0 Å². The molecule has 0 unspecified atom stereocenters. The lowest BCUT2D eigenvalue weighted by atomic mass is 10.00. The van der Waals surface area contributed by atoms with E-state index in [1.54, 1.807) is 31.3 Å². The van der Waals surface area contributed by atoms with Crippen molar-refractivity contribution in [2.45, 2.75) is 5.03 Å². The minimum absolute atomic E-state index is 0.214. The lowest BCUT2D eigenvalue weighted by molar-refractivity contribution is 0.0993. The summed E-state index contributed by atoms with van der Waals surface area (Å²) in [5.74, 6) is 10.9. The topological polar surface area (TPSA) is 153 Å². The number of benzene rings is 2. The number of nitrogens with one attached hydrogen (secondary N) is 2. The van der Waals surface area contributed by atoms with Crippen molar-refractivity contribution in [1.82, 2.24) is 10.4 Å². The number of nitrogens with zero attached hydrogens (tertiary/aromatic N) is 3. The second kappa shape index (κ2) is 10.3. The van der Waals surface area contributed by atoms with E-state index in [0.29, 0.717) is 27.6 Å². The van der Waals surface area contributed by atoms with Crippen LogP contribution in [0.25, 0.3) is 11.1 Å². The number of amidine groups is 1. The van der Waals surface area contributed by atoms with Crippen molar-refractivity contribution < 1.29 is 4.79 Å². The highest BCUT2D eigenvalue weighted by Crippen LogP contribution is 2.29. The highest BCUT2D eigenvalue weighted by molar-refractivity contribution is 8.00. The molecule has 0 aliphatic rings. The number of aromatic nitrogens is 1. The third-order valence-corrected chi connectivity index (χ3v) is 5.68. The van der Waals surface area contributed by atoms with Gasteiger partial charge in [0.15, 0.2) is 0 Å². The number of nitrogens with two attached hydrogens (primary N) is 2. The van der Waals surface area contributed by atoms with Gasteiger partial charge in [-0.1, -0.05) is 42.1 Å². The van der Waals surface area contributed by atoms with E-state index in [4.69, 9.17) is 11.7 Å². The Balaban J connectivity index is 1.99. The van der Waals surface area contributed by atoms with Crippen LogP contribution in [-0.4, -0.2) is 29.5 Å². The molecule has 1 heterocycles. The molecule has 9 nitrogen and oxygen atoms in total. The maximum absolute atomic E-state index is 13.0. The number of aromatic amines is 1. The number of H-pyrrole nitrogens is 1. The summed E-state index contributed by atoms with van der Waals surface area (Å²) in [6.45, 7) is 0. The average molecular weight is 448 g/mol. The van der Waals surface area contributed by atoms with E-state index in [-0.39, 0.29) is 22.8 Å². The Kier molecular flexibility index (Phi) is 7.28. The van der Waals surface area contributed by atoms with E-state index in [0.717, 1.165) is 17.4 Å². The molecule has 3 rings (SSSR count). The van der Waals surface area contributed by atoms with Crippen LogP contribution >= 0.6 is 11.8 Å². The van der Waals surface area contributed by atoms with Crippen molar-refractivity contribution in [2.75, 3.05) is 17.7 Å². The zero-order valence-corrected chi connectivity index (χ0v) is 18.0. The Hall–Kier alpha value is -4.07. The van der Waals surface area contributed by atoms with E-state index in [2.05, 4.69) is 21.6 Å². The lowest BCUT2D eigenvalue weighted by Crippen LogP contribution is -2.33. The fourth-order valence-electron chi connectivity index (χ4n) is 3.02. The van der Waals surface area contributed by atoms with Crippen molar-refractivity contribution in [1.29, 1.82) is 5.26 Å². The van der Waals surface area contributed by atoms with Crippen LogP contribution in [-0.2, 0) is 0 Å². The number of para-hydroxylation sites is 1. The summed E-state index contributed by atoms with van der Waals surface area (Å²) >= 11 is 1.16. The van der Waals surface area contributed by atoms with Crippen LogP contribution in [0, 0.1) is 11.3 Å². The molecule has 32 heavy (non-hydrogen) atoms. The van der Waals surface area contributed by atoms with E-state index in [1.165, 1.54) is 11.0 Å². The van der Waals surface area contributed by atoms with Crippen LogP contribution in [0.5, 0.6) is 0 Å². The zero-order valence-electron chi connectivity index (χ0n) is 17.2. The lowest BCUT2D eigenvalue weighted by Gasteiger charge is -2.18. The first-order chi connectivity index (χ1) is 15.5. The molecule has 0 bridgehead atoms. The second-order valence-electron chi connectivity index (χ2n) is 6.65. The van der Waals surface area contributed by atoms with Crippen molar-refractivity contribution >= 4 is 29.2 Å². The van der Waals surface area contributed by atoms with Crippen molar-refractivity contribution in [3.05, 3.63) is 82.1 Å². The Labute approximate surface area is 188 Å². The van der Waals surface area contributed by atoms with Gasteiger partial charge in [0.2, 0.25) is 5.56 Å². The molecule has 6 N–H and O–H groups in total. The summed E-state index contributed by atoms with van der Waals surface area (Å²) in [6, 6.07) is 19.6. The maximum atomic E-state index is 13.0. The Bertz CT molecular complexity index is 1250. The van der Waals surface area contributed by atoms with E-state index >= 15 is 0 Å². The Morgan fingerprint density at radius 1 is 1.22 bits per heavy atom. The number of carbonyl (C=O) groups excluding carboxylic acids is 1. The molecule has 0 radical (unpaired) electrons. The highest BCUT2D eigenvalue weighted by atomic mass is 32.2. The van der Waals surface area contributed by atoms with Gasteiger partial charge in [-0.25, -0.2) is 5.84 Å². The molecule has 0 saturated carbocycles. The number of amides is 1. The molecular formula is C22H21N7O2S. The maximum Gasteiger partial charge on any atom is 0.258 e. The summed E-state index contributed by atoms with van der Waals surface area (Å²) in [6.07, 6.45) is 0. The molecule has 0 aliphatic carbocycles. The van der Waals surface area contributed by atoms with E-state index in [9.17, 15) is 14.9 Å². The number of carbonyl (C=O) groups is 1. The van der Waals surface area contributed by atoms with Crippen LogP contribution in [0.4, 0.5) is 5.69 Å². The third-order valence-electron chi connectivity index (χ3n) is 4.66. The number of rotatable bonds is 6. The molecule has 0 saturated heterocycles. The quantitative estimate of drug-likeness (QED) is 0.148. The third kappa shape index (κ3) is 4.97.